The molecule has 53 heavy (non-hydrogen) atoms. The van der Waals surface area contributed by atoms with Crippen molar-refractivity contribution in [2.45, 2.75) is 62.7 Å². The van der Waals surface area contributed by atoms with E-state index < -0.39 is 12.0 Å². The highest BCUT2D eigenvalue weighted by atomic mass is 16.4. The topological polar surface area (TPSA) is 128 Å². The number of carboxylic acid groups (broad SMARTS) is 1. The lowest BCUT2D eigenvalue weighted by molar-refractivity contribution is -0.139. The Kier molecular flexibility index (Phi) is 10.1. The first-order chi connectivity index (χ1) is 26.0. The minimum absolute atomic E-state index is 0.0765. The first-order valence-corrected chi connectivity index (χ1v) is 18.6. The number of para-hydroxylation sites is 4. The van der Waals surface area contributed by atoms with Gasteiger partial charge in [0.2, 0.25) is 5.91 Å². The summed E-state index contributed by atoms with van der Waals surface area (Å²) in [6.45, 7) is 3.13. The van der Waals surface area contributed by atoms with Gasteiger partial charge < -0.3 is 29.1 Å². The van der Waals surface area contributed by atoms with Crippen LogP contribution in [0.3, 0.4) is 0 Å². The number of amides is 1. The number of hydrogen-bond acceptors (Lipinski definition) is 9. The monoisotopic (exact) mass is 712 g/mol. The van der Waals surface area contributed by atoms with Gasteiger partial charge in [-0.3, -0.25) is 9.69 Å². The predicted octanol–water partition coefficient (Wildman–Crippen LogP) is 7.05. The smallest absolute Gasteiger partial charge is 0.326 e. The summed E-state index contributed by atoms with van der Waals surface area (Å²) in [6.07, 6.45) is 5.45. The van der Waals surface area contributed by atoms with Crippen LogP contribution in [-0.2, 0) is 9.59 Å². The van der Waals surface area contributed by atoms with E-state index in [0.29, 0.717) is 30.6 Å². The Labute approximate surface area is 308 Å². The highest BCUT2D eigenvalue weighted by Gasteiger charge is 2.38. The number of oxazole rings is 2. The standard InChI is InChI=1S/C29H30N4O2.C13H14N2O3/c34-28(25-16-9-10-18-33(25)29-31-24-15-7-8-17-26(24)35-29)30-23-19-32(20-23)27(21-11-3-1-4-12-21)22-13-5-2-6-14-22;16-12(17)10-6-3-4-8-15(10)13-14-9-5-1-2-7-11(9)18-13/h1-8,11-15,17,23,25,27H,9-10,16,18-20H2,(H,30,34);1-2,5,7,10H,3-4,6,8H2,(H,16,17)/t25-;10-/m00/s1. The lowest BCUT2D eigenvalue weighted by Gasteiger charge is -2.45. The maximum absolute atomic E-state index is 13.4. The molecule has 0 bridgehead atoms. The summed E-state index contributed by atoms with van der Waals surface area (Å²) in [6, 6.07) is 37.0. The lowest BCUT2D eigenvalue weighted by atomic mass is 9.93. The van der Waals surface area contributed by atoms with Crippen LogP contribution < -0.4 is 15.1 Å². The van der Waals surface area contributed by atoms with E-state index in [1.807, 2.05) is 53.4 Å². The fraction of sp³-hybridized carbons (Fsp3) is 0.333. The maximum atomic E-state index is 13.4. The Hall–Kier alpha value is -5.68. The van der Waals surface area contributed by atoms with E-state index in [9.17, 15) is 14.7 Å². The Morgan fingerprint density at radius 1 is 0.642 bits per heavy atom. The maximum Gasteiger partial charge on any atom is 0.326 e. The van der Waals surface area contributed by atoms with E-state index in [-0.39, 0.29) is 24.0 Å². The number of benzene rings is 4. The number of anilines is 2. The summed E-state index contributed by atoms with van der Waals surface area (Å²) < 4.78 is 11.6. The van der Waals surface area contributed by atoms with Gasteiger partial charge in [-0.05, 0) is 73.9 Å². The number of nitrogens with one attached hydrogen (secondary N) is 1. The summed E-state index contributed by atoms with van der Waals surface area (Å²) >= 11 is 0. The number of rotatable bonds is 8. The Balaban J connectivity index is 0.000000186. The van der Waals surface area contributed by atoms with Crippen molar-refractivity contribution in [1.82, 2.24) is 20.2 Å². The van der Waals surface area contributed by atoms with E-state index in [1.54, 1.807) is 4.90 Å². The summed E-state index contributed by atoms with van der Waals surface area (Å²) in [5.74, 6) is -0.732. The van der Waals surface area contributed by atoms with Crippen LogP contribution in [-0.4, -0.2) is 76.2 Å². The molecule has 11 heteroatoms. The van der Waals surface area contributed by atoms with Crippen LogP contribution in [0.4, 0.5) is 12.0 Å². The van der Waals surface area contributed by atoms with Crippen molar-refractivity contribution in [2.75, 3.05) is 36.0 Å². The van der Waals surface area contributed by atoms with Crippen LogP contribution in [0.1, 0.15) is 55.7 Å². The second-order valence-corrected chi connectivity index (χ2v) is 14.1. The number of piperidine rings is 2. The molecule has 272 valence electrons. The van der Waals surface area contributed by atoms with Crippen molar-refractivity contribution in [1.29, 1.82) is 0 Å². The predicted molar refractivity (Wildman–Crippen MR) is 204 cm³/mol. The van der Waals surface area contributed by atoms with Crippen LogP contribution in [0.2, 0.25) is 0 Å². The second kappa shape index (κ2) is 15.5. The highest BCUT2D eigenvalue weighted by molar-refractivity contribution is 5.86. The number of aromatic nitrogens is 2. The zero-order valence-electron chi connectivity index (χ0n) is 29.6. The first kappa shape index (κ1) is 34.4. The average molecular weight is 713 g/mol. The minimum atomic E-state index is -0.808. The molecule has 3 aliphatic rings. The molecule has 0 spiro atoms. The van der Waals surface area contributed by atoms with E-state index in [2.05, 4.69) is 80.8 Å². The molecule has 3 fully saturated rings. The summed E-state index contributed by atoms with van der Waals surface area (Å²) in [5, 5.41) is 12.5. The van der Waals surface area contributed by atoms with Crippen LogP contribution in [0.25, 0.3) is 22.2 Å². The number of fused-ring (bicyclic) bond motifs is 2. The Bertz CT molecular complexity index is 2040. The SMILES string of the molecule is O=C(NC1CN(C(c2ccccc2)c2ccccc2)C1)[C@@H]1CCCCN1c1nc2ccccc2o1.O=C(O)[C@@H]1CCCCN1c1nc2ccccc2o1. The van der Waals surface area contributed by atoms with Crippen LogP contribution in [0.5, 0.6) is 0 Å². The molecule has 6 aromatic rings. The van der Waals surface area contributed by atoms with Crippen molar-refractivity contribution < 1.29 is 23.5 Å². The highest BCUT2D eigenvalue weighted by Crippen LogP contribution is 2.33. The van der Waals surface area contributed by atoms with Crippen LogP contribution >= 0.6 is 0 Å². The van der Waals surface area contributed by atoms with Gasteiger partial charge in [0, 0.05) is 26.2 Å². The lowest BCUT2D eigenvalue weighted by Crippen LogP contribution is -2.63. The van der Waals surface area contributed by atoms with Crippen molar-refractivity contribution >= 4 is 46.1 Å². The Morgan fingerprint density at radius 2 is 1.11 bits per heavy atom. The normalized spacial score (nSPS) is 19.5. The number of carbonyl (C=O) groups excluding carboxylic acids is 1. The molecule has 3 aliphatic heterocycles. The number of hydrogen-bond donors (Lipinski definition) is 2. The van der Waals surface area contributed by atoms with Gasteiger partial charge in [0.05, 0.1) is 12.1 Å². The molecule has 4 aromatic carbocycles. The average Bonchev–Trinajstić information content (AvgIpc) is 3.83. The third-order valence-electron chi connectivity index (χ3n) is 10.5. The molecule has 11 nitrogen and oxygen atoms in total. The summed E-state index contributed by atoms with van der Waals surface area (Å²) in [4.78, 5) is 39.9. The fourth-order valence-electron chi connectivity index (χ4n) is 7.81. The third-order valence-corrected chi connectivity index (χ3v) is 10.5. The number of carbonyl (C=O) groups is 2. The third kappa shape index (κ3) is 7.48. The molecule has 2 aromatic heterocycles. The fourth-order valence-corrected chi connectivity index (χ4v) is 7.81. The van der Waals surface area contributed by atoms with Gasteiger partial charge >= 0.3 is 5.97 Å². The molecule has 0 aliphatic carbocycles. The molecule has 0 unspecified atom stereocenters. The first-order valence-electron chi connectivity index (χ1n) is 18.6. The van der Waals surface area contributed by atoms with Gasteiger partial charge in [-0.25, -0.2) is 4.79 Å². The van der Waals surface area contributed by atoms with E-state index in [0.717, 1.165) is 68.4 Å². The summed E-state index contributed by atoms with van der Waals surface area (Å²) in [7, 11) is 0. The second-order valence-electron chi connectivity index (χ2n) is 14.1. The van der Waals surface area contributed by atoms with E-state index in [1.165, 1.54) is 11.1 Å². The van der Waals surface area contributed by atoms with E-state index in [4.69, 9.17) is 8.83 Å². The molecule has 9 rings (SSSR count). The van der Waals surface area contributed by atoms with Crippen molar-refractivity contribution in [3.63, 3.8) is 0 Å². The molecule has 0 radical (unpaired) electrons. The van der Waals surface area contributed by atoms with Gasteiger partial charge in [0.1, 0.15) is 23.1 Å². The van der Waals surface area contributed by atoms with Crippen LogP contribution in [0.15, 0.2) is 118 Å². The molecular weight excluding hydrogens is 668 g/mol. The molecule has 1 amide bonds. The van der Waals surface area contributed by atoms with Gasteiger partial charge in [0.15, 0.2) is 11.2 Å². The molecule has 0 saturated carbocycles. The van der Waals surface area contributed by atoms with E-state index >= 15 is 0 Å². The summed E-state index contributed by atoms with van der Waals surface area (Å²) in [5.41, 5.74) is 5.60. The van der Waals surface area contributed by atoms with Gasteiger partial charge in [0.25, 0.3) is 12.0 Å². The number of nitrogens with zero attached hydrogens (tertiary/aromatic N) is 5. The molecule has 2 atom stereocenters. The number of carboxylic acids is 1. The van der Waals surface area contributed by atoms with Crippen molar-refractivity contribution in [3.05, 3.63) is 120 Å². The van der Waals surface area contributed by atoms with Gasteiger partial charge in [-0.1, -0.05) is 84.9 Å². The number of aliphatic carboxylic acids is 1. The molecule has 3 saturated heterocycles. The van der Waals surface area contributed by atoms with Crippen LogP contribution in [0, 0.1) is 0 Å². The molecule has 2 N–H and O–H groups in total. The molecule has 5 heterocycles. The molecular formula is C42H44N6O5. The largest absolute Gasteiger partial charge is 0.480 e. The zero-order valence-corrected chi connectivity index (χ0v) is 29.6. The minimum Gasteiger partial charge on any atom is -0.480 e. The van der Waals surface area contributed by atoms with Crippen molar-refractivity contribution in [3.8, 4) is 0 Å². The zero-order chi connectivity index (χ0) is 36.1. The number of likely N-dealkylation sites (tertiary alicyclic amines) is 1. The Morgan fingerprint density at radius 3 is 1.62 bits per heavy atom. The quantitative estimate of drug-likeness (QED) is 0.170. The van der Waals surface area contributed by atoms with Crippen molar-refractivity contribution in [2.24, 2.45) is 0 Å². The van der Waals surface area contributed by atoms with Gasteiger partial charge in [-0.15, -0.1) is 0 Å². The van der Waals surface area contributed by atoms with Gasteiger partial charge in [-0.2, -0.15) is 9.97 Å².